The topological polar surface area (TPSA) is 17.1 Å². The van der Waals surface area contributed by atoms with Gasteiger partial charge in [0.2, 0.25) is 0 Å². The van der Waals surface area contributed by atoms with E-state index in [-0.39, 0.29) is 0 Å². The van der Waals surface area contributed by atoms with E-state index in [0.29, 0.717) is 0 Å². The summed E-state index contributed by atoms with van der Waals surface area (Å²) in [5.41, 5.74) is 0. The van der Waals surface area contributed by atoms with Crippen molar-refractivity contribution in [3.05, 3.63) is 0 Å². The summed E-state index contributed by atoms with van der Waals surface area (Å²) in [5.74, 6) is -3.92. The molecule has 0 spiro atoms. The van der Waals surface area contributed by atoms with Crippen LogP contribution < -0.4 is 0 Å². The minimum Gasteiger partial charge on any atom is -0.303 e. The van der Waals surface area contributed by atoms with Gasteiger partial charge < -0.3 is 4.79 Å². The number of alkyl halides is 3. The molecule has 19 heavy (non-hydrogen) atoms. The van der Waals surface area contributed by atoms with Gasteiger partial charge in [0, 0.05) is 6.42 Å². The van der Waals surface area contributed by atoms with Gasteiger partial charge in [0.25, 0.3) is 0 Å². The summed E-state index contributed by atoms with van der Waals surface area (Å²) < 4.78 is 34.9. The highest BCUT2D eigenvalue weighted by Crippen LogP contribution is 2.27. The zero-order valence-electron chi connectivity index (χ0n) is 12.8. The summed E-state index contributed by atoms with van der Waals surface area (Å²) in [6, 6.07) is 0. The first kappa shape index (κ1) is 21.0. The molecular formula is C14H29F3OSi. The van der Waals surface area contributed by atoms with Crippen LogP contribution in [0.5, 0.6) is 0 Å². The molecule has 0 unspecified atom stereocenters. The third kappa shape index (κ3) is 15.6. The fourth-order valence-electron chi connectivity index (χ4n) is 1.18. The molecule has 0 aliphatic carbocycles. The van der Waals surface area contributed by atoms with Crippen molar-refractivity contribution in [1.82, 2.24) is 0 Å². The van der Waals surface area contributed by atoms with Crippen molar-refractivity contribution in [2.45, 2.75) is 83.7 Å². The SMILES string of the molecule is CCCCCCCCCC=O.C[Si](C)(C)C(F)(F)F. The zero-order valence-corrected chi connectivity index (χ0v) is 13.8. The second-order valence-electron chi connectivity index (χ2n) is 5.82. The highest BCUT2D eigenvalue weighted by molar-refractivity contribution is 6.77. The van der Waals surface area contributed by atoms with E-state index < -0.39 is 13.9 Å². The summed E-state index contributed by atoms with van der Waals surface area (Å²) >= 11 is 0. The minimum atomic E-state index is -3.92. The van der Waals surface area contributed by atoms with Crippen LogP contribution in [0.1, 0.15) is 58.3 Å². The van der Waals surface area contributed by atoms with Crippen LogP contribution in [-0.4, -0.2) is 20.2 Å². The Labute approximate surface area is 117 Å². The van der Waals surface area contributed by atoms with E-state index in [1.165, 1.54) is 58.2 Å². The van der Waals surface area contributed by atoms with Crippen LogP contribution in [0.2, 0.25) is 19.6 Å². The maximum atomic E-state index is 11.6. The molecule has 0 amide bonds. The molecule has 0 aliphatic heterocycles. The molecule has 1 nitrogen and oxygen atoms in total. The van der Waals surface area contributed by atoms with Crippen LogP contribution >= 0.6 is 0 Å². The van der Waals surface area contributed by atoms with Crippen LogP contribution in [0.25, 0.3) is 0 Å². The lowest BCUT2D eigenvalue weighted by Crippen LogP contribution is -2.40. The van der Waals surface area contributed by atoms with Crippen molar-refractivity contribution in [3.8, 4) is 0 Å². The molecule has 0 bridgehead atoms. The third-order valence-electron chi connectivity index (χ3n) is 2.78. The normalized spacial score (nSPS) is 11.7. The van der Waals surface area contributed by atoms with E-state index in [2.05, 4.69) is 6.92 Å². The average Bonchev–Trinajstić information content (AvgIpc) is 2.26. The average molecular weight is 298 g/mol. The van der Waals surface area contributed by atoms with Gasteiger partial charge >= 0.3 is 5.80 Å². The molecule has 0 aromatic heterocycles. The molecule has 0 fully saturated rings. The highest BCUT2D eigenvalue weighted by Gasteiger charge is 2.44. The predicted octanol–water partition coefficient (Wildman–Crippen LogP) is 5.75. The Hall–Kier alpha value is -0.323. The lowest BCUT2D eigenvalue weighted by atomic mass is 10.1. The van der Waals surface area contributed by atoms with Crippen molar-refractivity contribution >= 4 is 14.4 Å². The fraction of sp³-hybridized carbons (Fsp3) is 0.929. The van der Waals surface area contributed by atoms with Gasteiger partial charge in [0.05, 0.1) is 0 Å². The van der Waals surface area contributed by atoms with Gasteiger partial charge in [-0.1, -0.05) is 65.1 Å². The Kier molecular flexibility index (Phi) is 12.7. The number of halogens is 3. The molecule has 0 rings (SSSR count). The van der Waals surface area contributed by atoms with Crippen molar-refractivity contribution in [3.63, 3.8) is 0 Å². The molecule has 0 saturated heterocycles. The van der Waals surface area contributed by atoms with Gasteiger partial charge in [-0.25, -0.2) is 0 Å². The lowest BCUT2D eigenvalue weighted by Gasteiger charge is -2.19. The molecule has 0 saturated carbocycles. The van der Waals surface area contributed by atoms with E-state index >= 15 is 0 Å². The monoisotopic (exact) mass is 298 g/mol. The predicted molar refractivity (Wildman–Crippen MR) is 78.1 cm³/mol. The van der Waals surface area contributed by atoms with Gasteiger partial charge in [-0.05, 0) is 6.42 Å². The van der Waals surface area contributed by atoms with Crippen LogP contribution in [0, 0.1) is 0 Å². The van der Waals surface area contributed by atoms with Gasteiger partial charge in [0.15, 0.2) is 8.07 Å². The molecule has 0 aromatic rings. The summed E-state index contributed by atoms with van der Waals surface area (Å²) in [7, 11) is -2.86. The first-order valence-electron chi connectivity index (χ1n) is 7.17. The van der Waals surface area contributed by atoms with Crippen LogP contribution in [0.15, 0.2) is 0 Å². The van der Waals surface area contributed by atoms with Crippen molar-refractivity contribution in [2.75, 3.05) is 0 Å². The summed E-state index contributed by atoms with van der Waals surface area (Å²) in [6.45, 7) is 6.08. The summed E-state index contributed by atoms with van der Waals surface area (Å²) in [5, 5.41) is 0. The number of aldehydes is 1. The third-order valence-corrected chi connectivity index (χ3v) is 4.48. The number of hydrogen-bond donors (Lipinski definition) is 0. The Bertz CT molecular complexity index is 198. The number of hydrogen-bond acceptors (Lipinski definition) is 1. The van der Waals surface area contributed by atoms with Crippen molar-refractivity contribution < 1.29 is 18.0 Å². The van der Waals surface area contributed by atoms with E-state index in [4.69, 9.17) is 0 Å². The van der Waals surface area contributed by atoms with Gasteiger partial charge in [-0.3, -0.25) is 0 Å². The molecule has 0 atom stereocenters. The van der Waals surface area contributed by atoms with E-state index in [0.717, 1.165) is 19.1 Å². The Balaban J connectivity index is 0. The van der Waals surface area contributed by atoms with E-state index in [9.17, 15) is 18.0 Å². The smallest absolute Gasteiger partial charge is 0.303 e. The molecule has 116 valence electrons. The quantitative estimate of drug-likeness (QED) is 0.317. The maximum absolute atomic E-state index is 11.6. The van der Waals surface area contributed by atoms with Crippen LogP contribution in [0.3, 0.4) is 0 Å². The first-order chi connectivity index (χ1) is 8.66. The molecular weight excluding hydrogens is 269 g/mol. The number of carbonyl (C=O) groups is 1. The lowest BCUT2D eigenvalue weighted by molar-refractivity contribution is -0.107. The van der Waals surface area contributed by atoms with Crippen molar-refractivity contribution in [1.29, 1.82) is 0 Å². The molecule has 0 aliphatic rings. The Morgan fingerprint density at radius 3 is 1.58 bits per heavy atom. The van der Waals surface area contributed by atoms with E-state index in [1.54, 1.807) is 0 Å². The summed E-state index contributed by atoms with van der Waals surface area (Å²) in [4.78, 5) is 9.94. The summed E-state index contributed by atoms with van der Waals surface area (Å²) in [6.07, 6.45) is 10.8. The maximum Gasteiger partial charge on any atom is 0.360 e. The Morgan fingerprint density at radius 1 is 0.895 bits per heavy atom. The minimum absolute atomic E-state index is 0.758. The second-order valence-corrected chi connectivity index (χ2v) is 10.9. The Morgan fingerprint density at radius 2 is 1.26 bits per heavy atom. The fourth-order valence-corrected chi connectivity index (χ4v) is 1.18. The largest absolute Gasteiger partial charge is 0.360 e. The zero-order chi connectivity index (χ0) is 15.4. The standard InChI is InChI=1S/C10H20O.C4H9F3Si/c1-2-3-4-5-6-7-8-9-10-11;1-8(2,3)4(5,6)7/h10H,2-9H2,1H3;1-3H3. The van der Waals surface area contributed by atoms with Crippen LogP contribution in [-0.2, 0) is 4.79 Å². The number of carbonyl (C=O) groups excluding carboxylic acids is 1. The van der Waals surface area contributed by atoms with Gasteiger partial charge in [0.1, 0.15) is 6.29 Å². The molecule has 5 heteroatoms. The second kappa shape index (κ2) is 11.5. The molecule has 0 radical (unpaired) electrons. The van der Waals surface area contributed by atoms with Gasteiger partial charge in [-0.15, -0.1) is 0 Å². The molecule has 0 N–H and O–H groups in total. The van der Waals surface area contributed by atoms with Crippen LogP contribution in [0.4, 0.5) is 13.2 Å². The van der Waals surface area contributed by atoms with Gasteiger partial charge in [-0.2, -0.15) is 13.2 Å². The first-order valence-corrected chi connectivity index (χ1v) is 10.7. The number of unbranched alkanes of at least 4 members (excludes halogenated alkanes) is 7. The molecule has 0 aromatic carbocycles. The molecule has 0 heterocycles. The van der Waals surface area contributed by atoms with Crippen molar-refractivity contribution in [2.24, 2.45) is 0 Å². The highest BCUT2D eigenvalue weighted by atomic mass is 28.3. The van der Waals surface area contributed by atoms with E-state index in [1.807, 2.05) is 0 Å². The number of rotatable bonds is 8.